The number of amides is 1. The second-order valence-electron chi connectivity index (χ2n) is 5.60. The highest BCUT2D eigenvalue weighted by atomic mass is 35.5. The maximum atomic E-state index is 12.4. The van der Waals surface area contributed by atoms with E-state index in [0.29, 0.717) is 16.5 Å². The van der Waals surface area contributed by atoms with Crippen molar-refractivity contribution in [2.24, 2.45) is 0 Å². The number of para-hydroxylation sites is 1. The van der Waals surface area contributed by atoms with Crippen molar-refractivity contribution in [3.05, 3.63) is 54.1 Å². The Balaban J connectivity index is 0.00000192. The lowest BCUT2D eigenvalue weighted by atomic mass is 10.2. The third-order valence-corrected chi connectivity index (χ3v) is 5.32. The molecule has 0 heterocycles. The van der Waals surface area contributed by atoms with Crippen molar-refractivity contribution in [1.82, 2.24) is 0 Å². The molecule has 3 nitrogen and oxygen atoms in total. The minimum atomic E-state index is -0.0977. The van der Waals surface area contributed by atoms with Crippen LogP contribution in [0.2, 0.25) is 0 Å². The van der Waals surface area contributed by atoms with E-state index in [0.717, 1.165) is 10.6 Å². The average molecular weight is 349 g/mol. The quantitative estimate of drug-likeness (QED) is 0.766. The topological polar surface area (TPSA) is 55.1 Å². The molecular weight excluding hydrogens is 328 g/mol. The van der Waals surface area contributed by atoms with Crippen LogP contribution in [0.25, 0.3) is 0 Å². The number of hydrogen-bond acceptors (Lipinski definition) is 3. The van der Waals surface area contributed by atoms with Gasteiger partial charge in [0.05, 0.1) is 5.69 Å². The number of hydrogen-bond donors (Lipinski definition) is 2. The van der Waals surface area contributed by atoms with E-state index >= 15 is 0 Å². The van der Waals surface area contributed by atoms with Crippen LogP contribution in [0, 0.1) is 0 Å². The lowest BCUT2D eigenvalue weighted by molar-refractivity contribution is 0.102. The fraction of sp³-hybridized carbons (Fsp3) is 0.278. The smallest absolute Gasteiger partial charge is 0.255 e. The molecule has 0 saturated heterocycles. The third kappa shape index (κ3) is 4.66. The number of benzene rings is 2. The van der Waals surface area contributed by atoms with E-state index in [-0.39, 0.29) is 18.3 Å². The van der Waals surface area contributed by atoms with E-state index in [9.17, 15) is 4.79 Å². The van der Waals surface area contributed by atoms with Gasteiger partial charge in [-0.15, -0.1) is 24.2 Å². The molecule has 0 bridgehead atoms. The first-order chi connectivity index (χ1) is 10.7. The van der Waals surface area contributed by atoms with Crippen LogP contribution < -0.4 is 11.1 Å². The molecule has 0 aromatic heterocycles. The fourth-order valence-electron chi connectivity index (χ4n) is 2.69. The summed E-state index contributed by atoms with van der Waals surface area (Å²) in [5.41, 5.74) is 7.83. The third-order valence-electron chi connectivity index (χ3n) is 3.90. The number of nitrogens with two attached hydrogens (primary N) is 1. The molecule has 1 fully saturated rings. The Labute approximate surface area is 147 Å². The number of carbonyl (C=O) groups is 1. The largest absolute Gasteiger partial charge is 0.399 e. The standard InChI is InChI=1S/C18H20N2OS.ClH/c19-14-11-9-13(10-12-14)18(21)20-16-7-3-4-8-17(16)22-15-5-1-2-6-15;/h3-4,7-12,15H,1-2,5-6,19H2,(H,20,21);1H. The zero-order chi connectivity index (χ0) is 15.4. The molecule has 1 saturated carbocycles. The zero-order valence-corrected chi connectivity index (χ0v) is 14.5. The summed E-state index contributed by atoms with van der Waals surface area (Å²) in [6, 6.07) is 15.0. The molecular formula is C18H21ClN2OS. The van der Waals surface area contributed by atoms with E-state index in [1.54, 1.807) is 24.3 Å². The fourth-order valence-corrected chi connectivity index (χ4v) is 4.02. The van der Waals surface area contributed by atoms with Crippen LogP contribution >= 0.6 is 24.2 Å². The molecule has 0 aliphatic heterocycles. The maximum absolute atomic E-state index is 12.4. The van der Waals surface area contributed by atoms with Gasteiger partial charge in [-0.05, 0) is 49.2 Å². The van der Waals surface area contributed by atoms with Crippen molar-refractivity contribution in [3.63, 3.8) is 0 Å². The molecule has 3 rings (SSSR count). The second kappa shape index (κ2) is 8.27. The summed E-state index contributed by atoms with van der Waals surface area (Å²) in [7, 11) is 0. The van der Waals surface area contributed by atoms with Crippen molar-refractivity contribution in [2.75, 3.05) is 11.1 Å². The van der Waals surface area contributed by atoms with Crippen LogP contribution in [0.15, 0.2) is 53.4 Å². The maximum Gasteiger partial charge on any atom is 0.255 e. The van der Waals surface area contributed by atoms with Crippen LogP contribution in [-0.4, -0.2) is 11.2 Å². The Hall–Kier alpha value is -1.65. The van der Waals surface area contributed by atoms with Crippen molar-refractivity contribution < 1.29 is 4.79 Å². The zero-order valence-electron chi connectivity index (χ0n) is 12.8. The lowest BCUT2D eigenvalue weighted by Crippen LogP contribution is -2.12. The van der Waals surface area contributed by atoms with Crippen molar-refractivity contribution in [1.29, 1.82) is 0 Å². The van der Waals surface area contributed by atoms with Crippen LogP contribution in [0.1, 0.15) is 36.0 Å². The minimum Gasteiger partial charge on any atom is -0.399 e. The van der Waals surface area contributed by atoms with Gasteiger partial charge < -0.3 is 11.1 Å². The molecule has 122 valence electrons. The van der Waals surface area contributed by atoms with Crippen LogP contribution in [-0.2, 0) is 0 Å². The summed E-state index contributed by atoms with van der Waals surface area (Å²) in [4.78, 5) is 13.5. The Bertz CT molecular complexity index is 654. The number of halogens is 1. The predicted molar refractivity (Wildman–Crippen MR) is 101 cm³/mol. The van der Waals surface area contributed by atoms with Crippen molar-refractivity contribution >= 4 is 41.5 Å². The molecule has 1 amide bonds. The monoisotopic (exact) mass is 348 g/mol. The van der Waals surface area contributed by atoms with E-state index in [4.69, 9.17) is 5.73 Å². The average Bonchev–Trinajstić information content (AvgIpc) is 3.03. The molecule has 2 aromatic carbocycles. The Morgan fingerprint density at radius 1 is 1.04 bits per heavy atom. The van der Waals surface area contributed by atoms with Crippen LogP contribution in [0.4, 0.5) is 11.4 Å². The lowest BCUT2D eigenvalue weighted by Gasteiger charge is -2.14. The van der Waals surface area contributed by atoms with E-state index in [2.05, 4.69) is 11.4 Å². The molecule has 0 atom stereocenters. The number of rotatable bonds is 4. The van der Waals surface area contributed by atoms with Gasteiger partial charge in [-0.3, -0.25) is 4.79 Å². The summed E-state index contributed by atoms with van der Waals surface area (Å²) < 4.78 is 0. The first-order valence-electron chi connectivity index (χ1n) is 7.65. The molecule has 0 unspecified atom stereocenters. The van der Waals surface area contributed by atoms with Gasteiger partial charge >= 0.3 is 0 Å². The number of anilines is 2. The van der Waals surface area contributed by atoms with Gasteiger partial charge in [-0.25, -0.2) is 0 Å². The molecule has 1 aliphatic rings. The van der Waals surface area contributed by atoms with Crippen LogP contribution in [0.5, 0.6) is 0 Å². The summed E-state index contributed by atoms with van der Waals surface area (Å²) >= 11 is 1.88. The first kappa shape index (κ1) is 17.7. The highest BCUT2D eigenvalue weighted by Crippen LogP contribution is 2.38. The molecule has 0 radical (unpaired) electrons. The second-order valence-corrected chi connectivity index (χ2v) is 6.94. The Morgan fingerprint density at radius 2 is 1.70 bits per heavy atom. The van der Waals surface area contributed by atoms with Crippen molar-refractivity contribution in [3.8, 4) is 0 Å². The van der Waals surface area contributed by atoms with Gasteiger partial charge in [0, 0.05) is 21.4 Å². The summed E-state index contributed by atoms with van der Waals surface area (Å²) in [6.07, 6.45) is 5.17. The van der Waals surface area contributed by atoms with E-state index in [1.807, 2.05) is 30.0 Å². The number of nitrogens with one attached hydrogen (secondary N) is 1. The SMILES string of the molecule is Cl.Nc1ccc(C(=O)Nc2ccccc2SC2CCCC2)cc1. The molecule has 1 aliphatic carbocycles. The van der Waals surface area contributed by atoms with E-state index < -0.39 is 0 Å². The normalized spacial score (nSPS) is 14.3. The minimum absolute atomic E-state index is 0. The number of carbonyl (C=O) groups excluding carboxylic acids is 1. The van der Waals surface area contributed by atoms with Gasteiger partial charge in [-0.1, -0.05) is 25.0 Å². The van der Waals surface area contributed by atoms with Gasteiger partial charge in [0.1, 0.15) is 0 Å². The Morgan fingerprint density at radius 3 is 2.39 bits per heavy atom. The highest BCUT2D eigenvalue weighted by Gasteiger charge is 2.18. The highest BCUT2D eigenvalue weighted by molar-refractivity contribution is 8.00. The van der Waals surface area contributed by atoms with Crippen LogP contribution in [0.3, 0.4) is 0 Å². The van der Waals surface area contributed by atoms with Gasteiger partial charge in [-0.2, -0.15) is 0 Å². The first-order valence-corrected chi connectivity index (χ1v) is 8.53. The van der Waals surface area contributed by atoms with Gasteiger partial charge in [0.25, 0.3) is 5.91 Å². The van der Waals surface area contributed by atoms with Gasteiger partial charge in [0.15, 0.2) is 0 Å². The molecule has 3 N–H and O–H groups in total. The van der Waals surface area contributed by atoms with E-state index in [1.165, 1.54) is 25.7 Å². The molecule has 23 heavy (non-hydrogen) atoms. The van der Waals surface area contributed by atoms with Crippen molar-refractivity contribution in [2.45, 2.75) is 35.8 Å². The Kier molecular flexibility index (Phi) is 6.37. The molecule has 0 spiro atoms. The summed E-state index contributed by atoms with van der Waals surface area (Å²) in [6.45, 7) is 0. The predicted octanol–water partition coefficient (Wildman–Crippen LogP) is 4.98. The molecule has 2 aromatic rings. The van der Waals surface area contributed by atoms with Gasteiger partial charge in [0.2, 0.25) is 0 Å². The number of nitrogen functional groups attached to an aromatic ring is 1. The summed E-state index contributed by atoms with van der Waals surface area (Å²) in [5, 5.41) is 3.70. The molecule has 5 heteroatoms. The number of thioether (sulfide) groups is 1. The summed E-state index contributed by atoms with van der Waals surface area (Å²) in [5.74, 6) is -0.0977.